The van der Waals surface area contributed by atoms with Gasteiger partial charge in [-0.25, -0.2) is 0 Å². The second kappa shape index (κ2) is 6.49. The number of piperidine rings is 1. The molecule has 3 atom stereocenters. The molecule has 2 aromatic carbocycles. The number of nitrogens with one attached hydrogen (secondary N) is 2. The maximum Gasteiger partial charge on any atom is 0.279 e. The summed E-state index contributed by atoms with van der Waals surface area (Å²) in [6.45, 7) is 7.36. The van der Waals surface area contributed by atoms with Crippen molar-refractivity contribution in [2.45, 2.75) is 20.3 Å². The number of carbonyl (C=O) groups excluding carboxylic acids is 1. The summed E-state index contributed by atoms with van der Waals surface area (Å²) in [4.78, 5) is 13.7. The highest BCUT2D eigenvalue weighted by Crippen LogP contribution is 2.18. The lowest BCUT2D eigenvalue weighted by molar-refractivity contribution is -0.904. The Hall–Kier alpha value is -1.87. The van der Waals surface area contributed by atoms with Crippen molar-refractivity contribution in [1.29, 1.82) is 0 Å². The van der Waals surface area contributed by atoms with E-state index in [9.17, 15) is 4.79 Å². The van der Waals surface area contributed by atoms with E-state index >= 15 is 0 Å². The summed E-state index contributed by atoms with van der Waals surface area (Å²) in [7, 11) is 0. The second-order valence-corrected chi connectivity index (χ2v) is 6.89. The first-order valence-electron chi connectivity index (χ1n) is 8.22. The van der Waals surface area contributed by atoms with Gasteiger partial charge in [0.25, 0.3) is 5.91 Å². The van der Waals surface area contributed by atoms with Crippen molar-refractivity contribution in [2.24, 2.45) is 11.8 Å². The normalized spacial score (nSPS) is 25.1. The fourth-order valence-corrected chi connectivity index (χ4v) is 3.77. The predicted octanol–water partition coefficient (Wildman–Crippen LogP) is 2.34. The molecule has 0 radical (unpaired) electrons. The molecule has 1 aliphatic rings. The van der Waals surface area contributed by atoms with Gasteiger partial charge in [0.1, 0.15) is 0 Å². The predicted molar refractivity (Wildman–Crippen MR) is 91.1 cm³/mol. The number of rotatable bonds is 3. The van der Waals surface area contributed by atoms with Gasteiger partial charge in [-0.2, -0.15) is 0 Å². The molecule has 3 heteroatoms. The number of amides is 1. The molecule has 2 N–H and O–H groups in total. The molecule has 2 aromatic rings. The zero-order valence-corrected chi connectivity index (χ0v) is 13.4. The molecule has 0 saturated carbocycles. The molecule has 1 fully saturated rings. The summed E-state index contributed by atoms with van der Waals surface area (Å²) in [5, 5.41) is 5.41. The van der Waals surface area contributed by atoms with Crippen LogP contribution in [0, 0.1) is 11.8 Å². The molecule has 1 unspecified atom stereocenters. The molecule has 3 rings (SSSR count). The fourth-order valence-electron chi connectivity index (χ4n) is 3.77. The third-order valence-corrected chi connectivity index (χ3v) is 4.52. The lowest BCUT2D eigenvalue weighted by Gasteiger charge is -2.31. The van der Waals surface area contributed by atoms with E-state index in [2.05, 4.69) is 37.4 Å². The van der Waals surface area contributed by atoms with Gasteiger partial charge >= 0.3 is 0 Å². The summed E-state index contributed by atoms with van der Waals surface area (Å²) in [6, 6.07) is 14.3. The van der Waals surface area contributed by atoms with Gasteiger partial charge in [-0.05, 0) is 29.3 Å². The van der Waals surface area contributed by atoms with E-state index in [1.165, 1.54) is 16.7 Å². The molecule has 22 heavy (non-hydrogen) atoms. The van der Waals surface area contributed by atoms with Crippen molar-refractivity contribution < 1.29 is 9.69 Å². The van der Waals surface area contributed by atoms with Gasteiger partial charge in [-0.15, -0.1) is 0 Å². The van der Waals surface area contributed by atoms with E-state index < -0.39 is 0 Å². The van der Waals surface area contributed by atoms with Gasteiger partial charge in [-0.1, -0.05) is 44.2 Å². The highest BCUT2D eigenvalue weighted by atomic mass is 16.2. The van der Waals surface area contributed by atoms with Crippen LogP contribution < -0.4 is 10.2 Å². The van der Waals surface area contributed by atoms with Gasteiger partial charge in [0.15, 0.2) is 6.54 Å². The van der Waals surface area contributed by atoms with Crippen molar-refractivity contribution in [3.8, 4) is 0 Å². The number of anilines is 1. The Bertz CT molecular complexity index is 657. The van der Waals surface area contributed by atoms with Crippen molar-refractivity contribution in [2.75, 3.05) is 25.0 Å². The quantitative estimate of drug-likeness (QED) is 0.896. The van der Waals surface area contributed by atoms with E-state index in [0.29, 0.717) is 18.4 Å². The van der Waals surface area contributed by atoms with Gasteiger partial charge in [0, 0.05) is 17.5 Å². The van der Waals surface area contributed by atoms with Gasteiger partial charge in [0.05, 0.1) is 13.1 Å². The minimum absolute atomic E-state index is 0.117. The standard InChI is InChI=1S/C19H24N2O/c1-14-9-15(2)12-21(11-14)13-19(22)20-18-8-7-16-5-3-4-6-17(16)10-18/h3-8,10,14-15H,9,11-13H2,1-2H3,(H,20,22)/p+1/t14-,15+. The summed E-state index contributed by atoms with van der Waals surface area (Å²) in [5.74, 6) is 1.55. The summed E-state index contributed by atoms with van der Waals surface area (Å²) >= 11 is 0. The van der Waals surface area contributed by atoms with E-state index in [1.807, 2.05) is 24.3 Å². The van der Waals surface area contributed by atoms with Crippen molar-refractivity contribution in [3.05, 3.63) is 42.5 Å². The SMILES string of the molecule is C[C@@H]1C[C@H](C)C[NH+](CC(=O)Nc2ccc3ccccc3c2)C1. The Labute approximate surface area is 132 Å². The molecule has 116 valence electrons. The van der Waals surface area contributed by atoms with E-state index in [-0.39, 0.29) is 5.91 Å². The summed E-state index contributed by atoms with van der Waals surface area (Å²) < 4.78 is 0. The van der Waals surface area contributed by atoms with Crippen molar-refractivity contribution >= 4 is 22.4 Å². The number of fused-ring (bicyclic) bond motifs is 1. The van der Waals surface area contributed by atoms with E-state index in [4.69, 9.17) is 0 Å². The molecule has 1 heterocycles. The molecule has 1 aliphatic heterocycles. The van der Waals surface area contributed by atoms with Gasteiger partial charge in [-0.3, -0.25) is 4.79 Å². The number of hydrogen-bond acceptors (Lipinski definition) is 1. The van der Waals surface area contributed by atoms with Gasteiger partial charge < -0.3 is 10.2 Å². The monoisotopic (exact) mass is 297 g/mol. The van der Waals surface area contributed by atoms with Gasteiger partial charge in [0.2, 0.25) is 0 Å². The van der Waals surface area contributed by atoms with Crippen LogP contribution >= 0.6 is 0 Å². The van der Waals surface area contributed by atoms with Crippen LogP contribution in [0.15, 0.2) is 42.5 Å². The fraction of sp³-hybridized carbons (Fsp3) is 0.421. The zero-order valence-electron chi connectivity index (χ0n) is 13.4. The van der Waals surface area contributed by atoms with Crippen LogP contribution in [0.3, 0.4) is 0 Å². The molecular weight excluding hydrogens is 272 g/mol. The lowest BCUT2D eigenvalue weighted by Crippen LogP contribution is -3.15. The average Bonchev–Trinajstić information content (AvgIpc) is 2.45. The first-order chi connectivity index (χ1) is 10.6. The molecule has 0 aliphatic carbocycles. The van der Waals surface area contributed by atoms with Crippen LogP contribution in [-0.4, -0.2) is 25.5 Å². The number of carbonyl (C=O) groups is 1. The average molecular weight is 297 g/mol. The second-order valence-electron chi connectivity index (χ2n) is 6.89. The van der Waals surface area contributed by atoms with E-state index in [0.717, 1.165) is 24.2 Å². The Morgan fingerprint density at radius 3 is 2.50 bits per heavy atom. The Kier molecular flexibility index (Phi) is 4.44. The molecule has 1 amide bonds. The van der Waals surface area contributed by atoms with Crippen molar-refractivity contribution in [3.63, 3.8) is 0 Å². The number of hydrogen-bond donors (Lipinski definition) is 2. The molecule has 0 aromatic heterocycles. The highest BCUT2D eigenvalue weighted by molar-refractivity contribution is 5.94. The third-order valence-electron chi connectivity index (χ3n) is 4.52. The first-order valence-corrected chi connectivity index (χ1v) is 8.22. The molecule has 1 saturated heterocycles. The van der Waals surface area contributed by atoms with Crippen LogP contribution in [0.2, 0.25) is 0 Å². The Balaban J connectivity index is 1.63. The summed E-state index contributed by atoms with van der Waals surface area (Å²) in [6.07, 6.45) is 1.29. The Morgan fingerprint density at radius 1 is 1.09 bits per heavy atom. The molecule has 3 nitrogen and oxygen atoms in total. The largest absolute Gasteiger partial charge is 0.327 e. The smallest absolute Gasteiger partial charge is 0.279 e. The molecule has 0 spiro atoms. The minimum Gasteiger partial charge on any atom is -0.327 e. The zero-order chi connectivity index (χ0) is 15.5. The highest BCUT2D eigenvalue weighted by Gasteiger charge is 2.26. The molecular formula is C19H25N2O+. The van der Waals surface area contributed by atoms with Crippen LogP contribution in [0.1, 0.15) is 20.3 Å². The topological polar surface area (TPSA) is 33.5 Å². The van der Waals surface area contributed by atoms with Crippen molar-refractivity contribution in [1.82, 2.24) is 0 Å². The third kappa shape index (κ3) is 3.66. The van der Waals surface area contributed by atoms with E-state index in [1.54, 1.807) is 0 Å². The number of quaternary nitrogens is 1. The summed E-state index contributed by atoms with van der Waals surface area (Å²) in [5.41, 5.74) is 0.890. The lowest BCUT2D eigenvalue weighted by atomic mass is 9.92. The Morgan fingerprint density at radius 2 is 1.77 bits per heavy atom. The van der Waals surface area contributed by atoms with Crippen LogP contribution in [0.4, 0.5) is 5.69 Å². The maximum absolute atomic E-state index is 12.3. The van der Waals surface area contributed by atoms with Crippen LogP contribution in [-0.2, 0) is 4.79 Å². The first kappa shape index (κ1) is 15.0. The van der Waals surface area contributed by atoms with Crippen LogP contribution in [0.5, 0.6) is 0 Å². The van der Waals surface area contributed by atoms with Crippen LogP contribution in [0.25, 0.3) is 10.8 Å². The minimum atomic E-state index is 0.117. The molecule has 0 bridgehead atoms. The number of benzene rings is 2. The maximum atomic E-state index is 12.3. The number of likely N-dealkylation sites (tertiary alicyclic amines) is 1.